The molecule has 1 aliphatic rings. The number of esters is 1. The number of hydrogen-bond acceptors (Lipinski definition) is 2. The Hall–Kier alpha value is -1.31. The zero-order chi connectivity index (χ0) is 8.81. The van der Waals surface area contributed by atoms with Gasteiger partial charge in [0.05, 0.1) is 13.0 Å². The summed E-state index contributed by atoms with van der Waals surface area (Å²) in [6.07, 6.45) is 12.3. The highest BCUT2D eigenvalue weighted by Crippen LogP contribution is 2.07. The van der Waals surface area contributed by atoms with E-state index in [4.69, 9.17) is 0 Å². The molecule has 12 heavy (non-hydrogen) atoms. The Morgan fingerprint density at radius 2 is 2.17 bits per heavy atom. The van der Waals surface area contributed by atoms with E-state index >= 15 is 0 Å². The van der Waals surface area contributed by atoms with Crippen molar-refractivity contribution in [3.05, 3.63) is 36.5 Å². The van der Waals surface area contributed by atoms with E-state index < -0.39 is 0 Å². The maximum atomic E-state index is 11.1. The van der Waals surface area contributed by atoms with Crippen LogP contribution < -0.4 is 0 Å². The molecular weight excluding hydrogens is 152 g/mol. The first-order valence-electron chi connectivity index (χ1n) is 3.92. The van der Waals surface area contributed by atoms with Crippen LogP contribution in [0.5, 0.6) is 0 Å². The van der Waals surface area contributed by atoms with Gasteiger partial charge in [0.15, 0.2) is 0 Å². The van der Waals surface area contributed by atoms with Crippen molar-refractivity contribution in [2.24, 2.45) is 5.92 Å². The fourth-order valence-corrected chi connectivity index (χ4v) is 1.00. The minimum Gasteiger partial charge on any atom is -0.468 e. The van der Waals surface area contributed by atoms with Gasteiger partial charge in [0, 0.05) is 0 Å². The summed E-state index contributed by atoms with van der Waals surface area (Å²) in [5.41, 5.74) is 0. The third-order valence-corrected chi connectivity index (χ3v) is 1.65. The van der Waals surface area contributed by atoms with E-state index in [9.17, 15) is 4.79 Å². The maximum absolute atomic E-state index is 11.1. The van der Waals surface area contributed by atoms with Gasteiger partial charge in [0.25, 0.3) is 0 Å². The van der Waals surface area contributed by atoms with Crippen molar-refractivity contribution in [2.45, 2.75) is 6.42 Å². The molecule has 0 aromatic carbocycles. The molecule has 64 valence electrons. The molecule has 0 saturated heterocycles. The second-order valence-corrected chi connectivity index (χ2v) is 2.53. The van der Waals surface area contributed by atoms with Crippen LogP contribution in [0.25, 0.3) is 0 Å². The van der Waals surface area contributed by atoms with E-state index in [1.54, 1.807) is 0 Å². The van der Waals surface area contributed by atoms with Gasteiger partial charge >= 0.3 is 5.97 Å². The average molecular weight is 164 g/mol. The van der Waals surface area contributed by atoms with Crippen LogP contribution in [0.4, 0.5) is 0 Å². The van der Waals surface area contributed by atoms with Crippen molar-refractivity contribution in [1.82, 2.24) is 0 Å². The third kappa shape index (κ3) is 2.38. The lowest BCUT2D eigenvalue weighted by Crippen LogP contribution is -2.11. The summed E-state index contributed by atoms with van der Waals surface area (Å²) in [7, 11) is 1.40. The molecule has 0 N–H and O–H groups in total. The molecule has 0 fully saturated rings. The second-order valence-electron chi connectivity index (χ2n) is 2.53. The smallest absolute Gasteiger partial charge is 0.316 e. The molecule has 1 aliphatic carbocycles. The van der Waals surface area contributed by atoms with Crippen molar-refractivity contribution in [3.8, 4) is 0 Å². The highest BCUT2D eigenvalue weighted by Gasteiger charge is 2.11. The normalized spacial score (nSPS) is 29.6. The monoisotopic (exact) mass is 164 g/mol. The molecule has 0 aromatic rings. The minimum atomic E-state index is -0.222. The van der Waals surface area contributed by atoms with E-state index in [-0.39, 0.29) is 11.9 Å². The van der Waals surface area contributed by atoms with Gasteiger partial charge < -0.3 is 4.74 Å². The van der Waals surface area contributed by atoms with Gasteiger partial charge in [-0.25, -0.2) is 0 Å². The number of allylic oxidation sites excluding steroid dienone is 4. The summed E-state index contributed by atoms with van der Waals surface area (Å²) in [6, 6.07) is 0. The lowest BCUT2D eigenvalue weighted by atomic mass is 10.1. The van der Waals surface area contributed by atoms with E-state index in [1.165, 1.54) is 7.11 Å². The van der Waals surface area contributed by atoms with E-state index in [1.807, 2.05) is 36.5 Å². The standard InChI is InChI=1S/C10H12O2/c1-12-10(11)9-7-5-3-2-4-6-8-9/h2-3,5-9H,4H2,1H3/b3-2-,7-5-,8-6-. The average Bonchev–Trinajstić information content (AvgIpc) is 2.02. The topological polar surface area (TPSA) is 26.3 Å². The van der Waals surface area contributed by atoms with Crippen LogP contribution in [0.3, 0.4) is 0 Å². The van der Waals surface area contributed by atoms with Crippen molar-refractivity contribution in [2.75, 3.05) is 7.11 Å². The van der Waals surface area contributed by atoms with Gasteiger partial charge in [-0.15, -0.1) is 0 Å². The Morgan fingerprint density at radius 3 is 2.92 bits per heavy atom. The number of carbonyl (C=O) groups is 1. The van der Waals surface area contributed by atoms with Gasteiger partial charge in [-0.05, 0) is 6.42 Å². The molecule has 0 heterocycles. The Bertz CT molecular complexity index is 236. The van der Waals surface area contributed by atoms with Crippen molar-refractivity contribution < 1.29 is 9.53 Å². The van der Waals surface area contributed by atoms with Gasteiger partial charge in [-0.1, -0.05) is 36.5 Å². The number of hydrogen-bond donors (Lipinski definition) is 0. The molecule has 1 unspecified atom stereocenters. The molecular formula is C10H12O2. The van der Waals surface area contributed by atoms with Crippen LogP contribution in [-0.2, 0) is 9.53 Å². The highest BCUT2D eigenvalue weighted by atomic mass is 16.5. The van der Waals surface area contributed by atoms with Crippen molar-refractivity contribution in [3.63, 3.8) is 0 Å². The molecule has 2 heteroatoms. The fraction of sp³-hybridized carbons (Fsp3) is 0.300. The summed E-state index contributed by atoms with van der Waals surface area (Å²) < 4.78 is 4.62. The van der Waals surface area contributed by atoms with Gasteiger partial charge in [-0.2, -0.15) is 0 Å². The Labute approximate surface area is 72.2 Å². The molecule has 0 spiro atoms. The lowest BCUT2D eigenvalue weighted by Gasteiger charge is -2.04. The van der Waals surface area contributed by atoms with Crippen LogP contribution in [0, 0.1) is 5.92 Å². The molecule has 0 saturated carbocycles. The quantitative estimate of drug-likeness (QED) is 0.436. The number of carbonyl (C=O) groups excluding carboxylic acids is 1. The molecule has 0 amide bonds. The molecule has 0 radical (unpaired) electrons. The van der Waals surface area contributed by atoms with Gasteiger partial charge in [0.1, 0.15) is 0 Å². The van der Waals surface area contributed by atoms with Crippen LogP contribution >= 0.6 is 0 Å². The molecule has 1 atom stereocenters. The largest absolute Gasteiger partial charge is 0.468 e. The van der Waals surface area contributed by atoms with Gasteiger partial charge in [-0.3, -0.25) is 4.79 Å². The predicted molar refractivity (Wildman–Crippen MR) is 47.5 cm³/mol. The van der Waals surface area contributed by atoms with E-state index in [0.29, 0.717) is 0 Å². The first-order valence-corrected chi connectivity index (χ1v) is 3.92. The zero-order valence-corrected chi connectivity index (χ0v) is 7.07. The van der Waals surface area contributed by atoms with Crippen LogP contribution in [0.1, 0.15) is 6.42 Å². The van der Waals surface area contributed by atoms with E-state index in [0.717, 1.165) is 6.42 Å². The minimum absolute atomic E-state index is 0.210. The summed E-state index contributed by atoms with van der Waals surface area (Å²) in [5, 5.41) is 0. The van der Waals surface area contributed by atoms with Gasteiger partial charge in [0.2, 0.25) is 0 Å². The summed E-state index contributed by atoms with van der Waals surface area (Å²) >= 11 is 0. The molecule has 0 aliphatic heterocycles. The Balaban J connectivity index is 2.69. The fourth-order valence-electron chi connectivity index (χ4n) is 1.00. The summed E-state index contributed by atoms with van der Waals surface area (Å²) in [6.45, 7) is 0. The number of rotatable bonds is 1. The predicted octanol–water partition coefficient (Wildman–Crippen LogP) is 1.85. The van der Waals surface area contributed by atoms with Crippen LogP contribution in [0.15, 0.2) is 36.5 Å². The lowest BCUT2D eigenvalue weighted by molar-refractivity contribution is -0.142. The zero-order valence-electron chi connectivity index (χ0n) is 7.07. The molecule has 1 rings (SSSR count). The SMILES string of the molecule is COC(=O)C1/C=C\C=C/C/C=C\1. The maximum Gasteiger partial charge on any atom is 0.316 e. The Morgan fingerprint density at radius 1 is 1.33 bits per heavy atom. The van der Waals surface area contributed by atoms with Crippen molar-refractivity contribution >= 4 is 5.97 Å². The highest BCUT2D eigenvalue weighted by molar-refractivity contribution is 5.76. The Kier molecular flexibility index (Phi) is 3.33. The van der Waals surface area contributed by atoms with Crippen molar-refractivity contribution in [1.29, 1.82) is 0 Å². The third-order valence-electron chi connectivity index (χ3n) is 1.65. The van der Waals surface area contributed by atoms with Crippen LogP contribution in [-0.4, -0.2) is 13.1 Å². The first kappa shape index (κ1) is 8.78. The number of ether oxygens (including phenoxy) is 1. The molecule has 0 bridgehead atoms. The first-order chi connectivity index (χ1) is 5.84. The molecule has 0 aromatic heterocycles. The second kappa shape index (κ2) is 4.54. The van der Waals surface area contributed by atoms with E-state index in [2.05, 4.69) is 4.74 Å². The molecule has 2 nitrogen and oxygen atoms in total. The van der Waals surface area contributed by atoms with Crippen LogP contribution in [0.2, 0.25) is 0 Å². The number of methoxy groups -OCH3 is 1. The summed E-state index contributed by atoms with van der Waals surface area (Å²) in [4.78, 5) is 11.1. The summed E-state index contributed by atoms with van der Waals surface area (Å²) in [5.74, 6) is -0.433.